The number of benzene rings is 2. The Kier molecular flexibility index (Phi) is 6.85. The maximum atomic E-state index is 12.8. The maximum Gasteiger partial charge on any atom is 0.240 e. The van der Waals surface area contributed by atoms with Gasteiger partial charge in [-0.05, 0) is 68.7 Å². The maximum absolute atomic E-state index is 12.8. The first-order chi connectivity index (χ1) is 14.6. The fourth-order valence-corrected chi connectivity index (χ4v) is 5.18. The van der Waals surface area contributed by atoms with Gasteiger partial charge in [-0.2, -0.15) is 0 Å². The second-order valence-corrected chi connectivity index (χ2v) is 9.42. The number of hydrogen-bond donors (Lipinski definition) is 1. The highest BCUT2D eigenvalue weighted by atomic mass is 32.2. The highest BCUT2D eigenvalue weighted by Crippen LogP contribution is 2.47. The van der Waals surface area contributed by atoms with E-state index in [1.54, 1.807) is 11.9 Å². The molecule has 0 saturated heterocycles. The highest BCUT2D eigenvalue weighted by molar-refractivity contribution is 8.01. The van der Waals surface area contributed by atoms with Crippen molar-refractivity contribution in [2.24, 2.45) is 0 Å². The number of anilines is 1. The molecule has 4 rings (SSSR count). The standard InChI is InChI=1S/C24H31N3O2S/c1-26(2)14-15-29-19-12-13-22-21(16-19)20-10-6-7-11-23(20)30-27(22)17-24(28)25-18-8-4-3-5-9-18/h6-7,10-13,16,18H,3-5,8-9,14-15,17H2,1-2H3,(H,25,28). The Hall–Kier alpha value is -2.18. The van der Waals surface area contributed by atoms with Crippen LogP contribution in [-0.4, -0.2) is 50.6 Å². The zero-order valence-corrected chi connectivity index (χ0v) is 18.7. The van der Waals surface area contributed by atoms with Crippen molar-refractivity contribution in [2.45, 2.75) is 43.0 Å². The Morgan fingerprint density at radius 2 is 1.93 bits per heavy atom. The van der Waals surface area contributed by atoms with Gasteiger partial charge in [0.25, 0.3) is 0 Å². The molecule has 0 atom stereocenters. The van der Waals surface area contributed by atoms with E-state index in [4.69, 9.17) is 4.74 Å². The smallest absolute Gasteiger partial charge is 0.240 e. The number of amides is 1. The zero-order chi connectivity index (χ0) is 20.9. The number of hydrogen-bond acceptors (Lipinski definition) is 5. The van der Waals surface area contributed by atoms with Crippen molar-refractivity contribution in [1.82, 2.24) is 10.2 Å². The number of fused-ring (bicyclic) bond motifs is 3. The van der Waals surface area contributed by atoms with E-state index in [0.29, 0.717) is 19.2 Å². The number of likely N-dealkylation sites (N-methyl/N-ethyl adjacent to an activating group) is 1. The quantitative estimate of drug-likeness (QED) is 0.659. The summed E-state index contributed by atoms with van der Waals surface area (Å²) in [6.45, 7) is 1.87. The molecular weight excluding hydrogens is 394 g/mol. The van der Waals surface area contributed by atoms with E-state index in [-0.39, 0.29) is 5.91 Å². The van der Waals surface area contributed by atoms with Gasteiger partial charge in [0.15, 0.2) is 0 Å². The second kappa shape index (κ2) is 9.75. The second-order valence-electron chi connectivity index (χ2n) is 8.36. The minimum Gasteiger partial charge on any atom is -0.492 e. The van der Waals surface area contributed by atoms with E-state index in [2.05, 4.69) is 50.9 Å². The normalized spacial score (nSPS) is 16.2. The molecule has 0 unspecified atom stereocenters. The summed E-state index contributed by atoms with van der Waals surface area (Å²) in [5, 5.41) is 3.25. The van der Waals surface area contributed by atoms with Gasteiger partial charge >= 0.3 is 0 Å². The lowest BCUT2D eigenvalue weighted by Crippen LogP contribution is -2.41. The van der Waals surface area contributed by atoms with Crippen LogP contribution in [0.15, 0.2) is 47.4 Å². The summed E-state index contributed by atoms with van der Waals surface area (Å²) in [4.78, 5) is 16.1. The Labute approximate surface area is 183 Å². The first-order valence-corrected chi connectivity index (χ1v) is 11.6. The number of ether oxygens (including phenoxy) is 1. The molecule has 1 N–H and O–H groups in total. The van der Waals surface area contributed by atoms with Crippen LogP contribution in [0.4, 0.5) is 5.69 Å². The van der Waals surface area contributed by atoms with E-state index in [1.165, 1.54) is 29.7 Å². The van der Waals surface area contributed by atoms with Crippen molar-refractivity contribution in [3.05, 3.63) is 42.5 Å². The van der Waals surface area contributed by atoms with Crippen LogP contribution in [0.25, 0.3) is 11.1 Å². The molecule has 1 heterocycles. The molecule has 2 aliphatic rings. The molecule has 5 nitrogen and oxygen atoms in total. The molecule has 0 bridgehead atoms. The van der Waals surface area contributed by atoms with Gasteiger partial charge in [-0.25, -0.2) is 0 Å². The molecule has 1 saturated carbocycles. The summed E-state index contributed by atoms with van der Waals surface area (Å²) in [7, 11) is 4.08. The summed E-state index contributed by atoms with van der Waals surface area (Å²) < 4.78 is 8.08. The van der Waals surface area contributed by atoms with Crippen molar-refractivity contribution >= 4 is 23.5 Å². The minimum atomic E-state index is 0.103. The first-order valence-electron chi connectivity index (χ1n) is 10.9. The van der Waals surface area contributed by atoms with Gasteiger partial charge in [0.05, 0.1) is 5.69 Å². The van der Waals surface area contributed by atoms with E-state index < -0.39 is 0 Å². The fourth-order valence-electron chi connectivity index (χ4n) is 4.09. The Balaban J connectivity index is 1.52. The summed E-state index contributed by atoms with van der Waals surface area (Å²) in [5.74, 6) is 0.968. The third-order valence-corrected chi connectivity index (χ3v) is 6.79. The number of carbonyl (C=O) groups is 1. The topological polar surface area (TPSA) is 44.8 Å². The molecule has 2 aromatic carbocycles. The van der Waals surface area contributed by atoms with Crippen molar-refractivity contribution in [2.75, 3.05) is 38.1 Å². The van der Waals surface area contributed by atoms with Gasteiger partial charge < -0.3 is 19.3 Å². The fraction of sp³-hybridized carbons (Fsp3) is 0.458. The summed E-state index contributed by atoms with van der Waals surface area (Å²) in [6.07, 6.45) is 5.93. The van der Waals surface area contributed by atoms with Gasteiger partial charge in [-0.3, -0.25) is 4.79 Å². The molecular formula is C24H31N3O2S. The molecule has 2 aromatic rings. The van der Waals surface area contributed by atoms with E-state index in [0.717, 1.165) is 36.4 Å². The minimum absolute atomic E-state index is 0.103. The number of nitrogens with one attached hydrogen (secondary N) is 1. The molecule has 0 aromatic heterocycles. The molecule has 0 radical (unpaired) electrons. The van der Waals surface area contributed by atoms with Crippen molar-refractivity contribution in [3.8, 4) is 16.9 Å². The predicted molar refractivity (Wildman–Crippen MR) is 124 cm³/mol. The summed E-state index contributed by atoms with van der Waals surface area (Å²) in [6, 6.07) is 14.9. The van der Waals surface area contributed by atoms with Gasteiger partial charge in [-0.1, -0.05) is 37.5 Å². The van der Waals surface area contributed by atoms with Crippen LogP contribution in [-0.2, 0) is 4.79 Å². The van der Waals surface area contributed by atoms with Crippen LogP contribution >= 0.6 is 11.9 Å². The van der Waals surface area contributed by atoms with Crippen LogP contribution in [0, 0.1) is 0 Å². The van der Waals surface area contributed by atoms with Crippen LogP contribution < -0.4 is 14.4 Å². The lowest BCUT2D eigenvalue weighted by Gasteiger charge is -2.32. The van der Waals surface area contributed by atoms with Crippen LogP contribution in [0.3, 0.4) is 0 Å². The predicted octanol–water partition coefficient (Wildman–Crippen LogP) is 4.57. The highest BCUT2D eigenvalue weighted by Gasteiger charge is 2.26. The number of rotatable bonds is 7. The zero-order valence-electron chi connectivity index (χ0n) is 17.9. The Bertz CT molecular complexity index is 881. The lowest BCUT2D eigenvalue weighted by atomic mass is 9.95. The van der Waals surface area contributed by atoms with Gasteiger partial charge in [0.1, 0.15) is 18.9 Å². The van der Waals surface area contributed by atoms with Gasteiger partial charge in [0.2, 0.25) is 5.91 Å². The van der Waals surface area contributed by atoms with Gasteiger partial charge in [0, 0.05) is 23.0 Å². The van der Waals surface area contributed by atoms with Gasteiger partial charge in [-0.15, -0.1) is 0 Å². The molecule has 160 valence electrons. The number of nitrogens with zero attached hydrogens (tertiary/aromatic N) is 2. The third kappa shape index (κ3) is 5.10. The molecule has 0 spiro atoms. The average molecular weight is 426 g/mol. The lowest BCUT2D eigenvalue weighted by molar-refractivity contribution is -0.120. The van der Waals surface area contributed by atoms with Crippen LogP contribution in [0.5, 0.6) is 5.75 Å². The van der Waals surface area contributed by atoms with E-state index in [1.807, 2.05) is 20.2 Å². The van der Waals surface area contributed by atoms with Crippen LogP contribution in [0.2, 0.25) is 0 Å². The summed E-state index contributed by atoms with van der Waals surface area (Å²) >= 11 is 1.64. The SMILES string of the molecule is CN(C)CCOc1ccc2c(c1)-c1ccccc1SN2CC(=O)NC1CCCCC1. The van der Waals surface area contributed by atoms with Crippen molar-refractivity contribution in [3.63, 3.8) is 0 Å². The molecule has 1 fully saturated rings. The first kappa shape index (κ1) is 21.1. The molecule has 1 aliphatic heterocycles. The van der Waals surface area contributed by atoms with Crippen LogP contribution in [0.1, 0.15) is 32.1 Å². The van der Waals surface area contributed by atoms with Crippen molar-refractivity contribution in [1.29, 1.82) is 0 Å². The Morgan fingerprint density at radius 1 is 1.13 bits per heavy atom. The van der Waals surface area contributed by atoms with E-state index in [9.17, 15) is 4.79 Å². The Morgan fingerprint density at radius 3 is 2.73 bits per heavy atom. The van der Waals surface area contributed by atoms with Crippen molar-refractivity contribution < 1.29 is 9.53 Å². The number of carbonyl (C=O) groups excluding carboxylic acids is 1. The molecule has 30 heavy (non-hydrogen) atoms. The molecule has 1 aliphatic carbocycles. The molecule has 6 heteroatoms. The largest absolute Gasteiger partial charge is 0.492 e. The summed E-state index contributed by atoms with van der Waals surface area (Å²) in [5.41, 5.74) is 3.38. The molecule has 1 amide bonds. The average Bonchev–Trinajstić information content (AvgIpc) is 2.74. The monoisotopic (exact) mass is 425 g/mol. The van der Waals surface area contributed by atoms with E-state index >= 15 is 0 Å². The third-order valence-electron chi connectivity index (χ3n) is 5.69.